The summed E-state index contributed by atoms with van der Waals surface area (Å²) in [5.74, 6) is -0.142. The Bertz CT molecular complexity index is 649. The fourth-order valence-corrected chi connectivity index (χ4v) is 2.40. The second-order valence-electron chi connectivity index (χ2n) is 4.88. The molecule has 0 saturated carbocycles. The highest BCUT2D eigenvalue weighted by molar-refractivity contribution is 5.86. The Labute approximate surface area is 116 Å². The van der Waals surface area contributed by atoms with E-state index in [0.717, 1.165) is 17.5 Å². The molecule has 0 radical (unpaired) electrons. The zero-order chi connectivity index (χ0) is 13.9. The largest absolute Gasteiger partial charge is 0.354 e. The van der Waals surface area contributed by atoms with E-state index in [1.165, 1.54) is 0 Å². The zero-order valence-corrected chi connectivity index (χ0v) is 11.1. The molecule has 0 bridgehead atoms. The third-order valence-corrected chi connectivity index (χ3v) is 3.45. The predicted octanol–water partition coefficient (Wildman–Crippen LogP) is 0.385. The van der Waals surface area contributed by atoms with Crippen molar-refractivity contribution in [3.05, 3.63) is 30.6 Å². The van der Waals surface area contributed by atoms with Crippen molar-refractivity contribution < 1.29 is 9.59 Å². The smallest absolute Gasteiger partial charge is 0.243 e. The zero-order valence-electron chi connectivity index (χ0n) is 11.1. The van der Waals surface area contributed by atoms with E-state index >= 15 is 0 Å². The summed E-state index contributed by atoms with van der Waals surface area (Å²) in [7, 11) is 0. The standard InChI is InChI=1S/C14H16N4O2/c19-13-8-17(7-3-6-15-13)14(20)9-18-10-16-11-4-1-2-5-12(11)18/h1-2,4-5,10H,3,6-9H2,(H,15,19). The van der Waals surface area contributed by atoms with Gasteiger partial charge >= 0.3 is 0 Å². The van der Waals surface area contributed by atoms with E-state index < -0.39 is 0 Å². The lowest BCUT2D eigenvalue weighted by Crippen LogP contribution is -2.39. The molecule has 0 unspecified atom stereocenters. The second-order valence-corrected chi connectivity index (χ2v) is 4.88. The van der Waals surface area contributed by atoms with E-state index in [1.54, 1.807) is 11.2 Å². The van der Waals surface area contributed by atoms with Crippen LogP contribution in [0.5, 0.6) is 0 Å². The van der Waals surface area contributed by atoms with Crippen LogP contribution in [0.3, 0.4) is 0 Å². The van der Waals surface area contributed by atoms with Crippen molar-refractivity contribution in [3.8, 4) is 0 Å². The van der Waals surface area contributed by atoms with Gasteiger partial charge in [-0.3, -0.25) is 9.59 Å². The van der Waals surface area contributed by atoms with Crippen LogP contribution in [0, 0.1) is 0 Å². The highest BCUT2D eigenvalue weighted by Crippen LogP contribution is 2.12. The molecule has 1 aromatic heterocycles. The van der Waals surface area contributed by atoms with Gasteiger partial charge in [-0.2, -0.15) is 0 Å². The van der Waals surface area contributed by atoms with Crippen molar-refractivity contribution in [1.29, 1.82) is 0 Å². The molecule has 2 amide bonds. The Balaban J connectivity index is 1.76. The summed E-state index contributed by atoms with van der Waals surface area (Å²) >= 11 is 0. The molecule has 1 aliphatic heterocycles. The van der Waals surface area contributed by atoms with Crippen LogP contribution in [0.4, 0.5) is 0 Å². The molecule has 1 saturated heterocycles. The number of hydrogen-bond donors (Lipinski definition) is 1. The highest BCUT2D eigenvalue weighted by Gasteiger charge is 2.20. The molecular weight excluding hydrogens is 256 g/mol. The third kappa shape index (κ3) is 2.49. The van der Waals surface area contributed by atoms with Gasteiger partial charge in [0, 0.05) is 13.1 Å². The fourth-order valence-electron chi connectivity index (χ4n) is 2.40. The van der Waals surface area contributed by atoms with Crippen LogP contribution < -0.4 is 5.32 Å². The van der Waals surface area contributed by atoms with Crippen molar-refractivity contribution in [2.75, 3.05) is 19.6 Å². The first-order valence-corrected chi connectivity index (χ1v) is 6.68. The molecule has 6 heteroatoms. The monoisotopic (exact) mass is 272 g/mol. The van der Waals surface area contributed by atoms with E-state index in [0.29, 0.717) is 13.1 Å². The first-order chi connectivity index (χ1) is 9.74. The maximum absolute atomic E-state index is 12.3. The summed E-state index contributed by atoms with van der Waals surface area (Å²) in [5, 5.41) is 2.77. The lowest BCUT2D eigenvalue weighted by atomic mass is 10.3. The van der Waals surface area contributed by atoms with Crippen LogP contribution in [0.2, 0.25) is 0 Å². The summed E-state index contributed by atoms with van der Waals surface area (Å²) in [5.41, 5.74) is 1.80. The van der Waals surface area contributed by atoms with Crippen LogP contribution >= 0.6 is 0 Å². The number of nitrogens with one attached hydrogen (secondary N) is 1. The van der Waals surface area contributed by atoms with Crippen molar-refractivity contribution in [3.63, 3.8) is 0 Å². The molecule has 1 aromatic carbocycles. The molecule has 1 aliphatic rings. The minimum absolute atomic E-state index is 0.0507. The average molecular weight is 272 g/mol. The summed E-state index contributed by atoms with van der Waals surface area (Å²) in [6, 6.07) is 7.69. The number of carbonyl (C=O) groups excluding carboxylic acids is 2. The Hall–Kier alpha value is -2.37. The summed E-state index contributed by atoms with van der Waals surface area (Å²) in [4.78, 5) is 29.7. The van der Waals surface area contributed by atoms with Gasteiger partial charge in [-0.15, -0.1) is 0 Å². The topological polar surface area (TPSA) is 67.2 Å². The van der Waals surface area contributed by atoms with E-state index in [1.807, 2.05) is 28.8 Å². The lowest BCUT2D eigenvalue weighted by Gasteiger charge is -2.19. The molecule has 1 N–H and O–H groups in total. The fraction of sp³-hybridized carbons (Fsp3) is 0.357. The number of aromatic nitrogens is 2. The molecule has 1 fully saturated rings. The maximum Gasteiger partial charge on any atom is 0.243 e. The Kier molecular flexibility index (Phi) is 3.37. The number of fused-ring (bicyclic) bond motifs is 1. The predicted molar refractivity (Wildman–Crippen MR) is 73.9 cm³/mol. The van der Waals surface area contributed by atoms with Gasteiger partial charge in [0.25, 0.3) is 0 Å². The number of nitrogens with zero attached hydrogens (tertiary/aromatic N) is 3. The van der Waals surface area contributed by atoms with Crippen LogP contribution in [0.1, 0.15) is 6.42 Å². The number of rotatable bonds is 2. The van der Waals surface area contributed by atoms with Crippen molar-refractivity contribution in [2.45, 2.75) is 13.0 Å². The van der Waals surface area contributed by atoms with E-state index in [2.05, 4.69) is 10.3 Å². The minimum Gasteiger partial charge on any atom is -0.354 e. The average Bonchev–Trinajstić information content (AvgIpc) is 2.72. The van der Waals surface area contributed by atoms with Gasteiger partial charge < -0.3 is 14.8 Å². The first-order valence-electron chi connectivity index (χ1n) is 6.68. The maximum atomic E-state index is 12.3. The molecule has 6 nitrogen and oxygen atoms in total. The van der Waals surface area contributed by atoms with Gasteiger partial charge in [-0.1, -0.05) is 12.1 Å². The molecule has 0 atom stereocenters. The van der Waals surface area contributed by atoms with Gasteiger partial charge in [-0.25, -0.2) is 4.98 Å². The third-order valence-electron chi connectivity index (χ3n) is 3.45. The summed E-state index contributed by atoms with van der Waals surface area (Å²) < 4.78 is 1.82. The first kappa shape index (κ1) is 12.7. The Morgan fingerprint density at radius 1 is 1.35 bits per heavy atom. The number of carbonyl (C=O) groups is 2. The Morgan fingerprint density at radius 2 is 2.20 bits per heavy atom. The van der Waals surface area contributed by atoms with Gasteiger partial charge in [0.15, 0.2) is 0 Å². The van der Waals surface area contributed by atoms with Crippen molar-refractivity contribution in [1.82, 2.24) is 19.8 Å². The molecule has 3 rings (SSSR count). The quantitative estimate of drug-likeness (QED) is 0.859. The van der Waals surface area contributed by atoms with Crippen LogP contribution in [0.25, 0.3) is 11.0 Å². The molecule has 20 heavy (non-hydrogen) atoms. The van der Waals surface area contributed by atoms with Gasteiger partial charge in [0.05, 0.1) is 23.9 Å². The van der Waals surface area contributed by atoms with Crippen LogP contribution in [-0.2, 0) is 16.1 Å². The molecular formula is C14H16N4O2. The van der Waals surface area contributed by atoms with Crippen molar-refractivity contribution >= 4 is 22.8 Å². The molecule has 2 aromatic rings. The number of amides is 2. The lowest BCUT2D eigenvalue weighted by molar-refractivity contribution is -0.135. The minimum atomic E-state index is -0.0914. The SMILES string of the molecule is O=C1CN(C(=O)Cn2cnc3ccccc32)CCCN1. The molecule has 0 spiro atoms. The van der Waals surface area contributed by atoms with E-state index in [-0.39, 0.29) is 24.9 Å². The summed E-state index contributed by atoms with van der Waals surface area (Å²) in [6.45, 7) is 1.61. The molecule has 0 aliphatic carbocycles. The van der Waals surface area contributed by atoms with E-state index in [4.69, 9.17) is 0 Å². The van der Waals surface area contributed by atoms with Gasteiger partial charge in [0.1, 0.15) is 6.54 Å². The van der Waals surface area contributed by atoms with Crippen molar-refractivity contribution in [2.24, 2.45) is 0 Å². The number of hydrogen-bond acceptors (Lipinski definition) is 3. The molecule has 104 valence electrons. The number of para-hydroxylation sites is 2. The van der Waals surface area contributed by atoms with E-state index in [9.17, 15) is 9.59 Å². The Morgan fingerprint density at radius 3 is 3.10 bits per heavy atom. The van der Waals surface area contributed by atoms with Gasteiger partial charge in [-0.05, 0) is 18.6 Å². The normalized spacial score (nSPS) is 16.0. The molecule has 2 heterocycles. The second kappa shape index (κ2) is 5.32. The summed E-state index contributed by atoms with van der Waals surface area (Å²) in [6.07, 6.45) is 2.46. The number of benzene rings is 1. The van der Waals surface area contributed by atoms with Gasteiger partial charge in [0.2, 0.25) is 11.8 Å². The number of imidazole rings is 1. The van der Waals surface area contributed by atoms with Crippen LogP contribution in [-0.4, -0.2) is 45.9 Å². The van der Waals surface area contributed by atoms with Crippen LogP contribution in [0.15, 0.2) is 30.6 Å². The highest BCUT2D eigenvalue weighted by atomic mass is 16.2.